The third-order valence-corrected chi connectivity index (χ3v) is 3.97. The molecule has 0 spiro atoms. The van der Waals surface area contributed by atoms with Gasteiger partial charge in [0.2, 0.25) is 0 Å². The van der Waals surface area contributed by atoms with Crippen molar-refractivity contribution in [3.8, 4) is 11.1 Å². The molecule has 3 aromatic rings. The topological polar surface area (TPSA) is 84.6 Å². The molecule has 0 fully saturated rings. The van der Waals surface area contributed by atoms with Gasteiger partial charge in [0.1, 0.15) is 11.8 Å². The fourth-order valence-electron chi connectivity index (χ4n) is 2.10. The standard InChI is InChI=1S/C15H10O5S.Na.H/c16-15-12-6-1-2-7-14(12)20-9-13(15)10-4-3-5-11(8-10)21(17,18)19;;/h1-9H,(H,17,18,19);;. The summed E-state index contributed by atoms with van der Waals surface area (Å²) in [5.41, 5.74) is 0.797. The van der Waals surface area contributed by atoms with Crippen molar-refractivity contribution >= 4 is 50.6 Å². The average Bonchev–Trinajstić information content (AvgIpc) is 2.47. The Bertz CT molecular complexity index is 992. The summed E-state index contributed by atoms with van der Waals surface area (Å²) in [5, 5.41) is 0.409. The number of hydrogen-bond donors (Lipinski definition) is 1. The predicted octanol–water partition coefficient (Wildman–Crippen LogP) is 2.06. The summed E-state index contributed by atoms with van der Waals surface area (Å²) in [6.45, 7) is 0. The van der Waals surface area contributed by atoms with E-state index >= 15 is 0 Å². The quantitative estimate of drug-likeness (QED) is 0.575. The molecule has 0 amide bonds. The molecule has 0 unspecified atom stereocenters. The molecule has 1 N–H and O–H groups in total. The van der Waals surface area contributed by atoms with Gasteiger partial charge in [-0.3, -0.25) is 9.35 Å². The Kier molecular flexibility index (Phi) is 4.89. The number of rotatable bonds is 2. The number of benzene rings is 2. The Morgan fingerprint density at radius 1 is 1.00 bits per heavy atom. The van der Waals surface area contributed by atoms with Gasteiger partial charge in [-0.05, 0) is 29.8 Å². The van der Waals surface area contributed by atoms with E-state index in [1.165, 1.54) is 24.5 Å². The van der Waals surface area contributed by atoms with Crippen LogP contribution in [-0.4, -0.2) is 42.5 Å². The molecule has 1 heterocycles. The fourth-order valence-corrected chi connectivity index (χ4v) is 2.63. The van der Waals surface area contributed by atoms with Crippen molar-refractivity contribution in [3.05, 3.63) is 65.0 Å². The third-order valence-electron chi connectivity index (χ3n) is 3.12. The molecule has 0 atom stereocenters. The zero-order valence-electron chi connectivity index (χ0n) is 10.7. The van der Waals surface area contributed by atoms with Crippen LogP contribution < -0.4 is 5.43 Å². The van der Waals surface area contributed by atoms with Crippen LogP contribution in [0.4, 0.5) is 0 Å². The first-order valence-electron chi connectivity index (χ1n) is 6.05. The summed E-state index contributed by atoms with van der Waals surface area (Å²) in [7, 11) is -4.32. The minimum absolute atomic E-state index is 0. The second kappa shape index (κ2) is 6.36. The summed E-state index contributed by atoms with van der Waals surface area (Å²) in [6.07, 6.45) is 1.29. The van der Waals surface area contributed by atoms with Crippen LogP contribution >= 0.6 is 0 Å². The van der Waals surface area contributed by atoms with Gasteiger partial charge in [0.05, 0.1) is 15.8 Å². The maximum absolute atomic E-state index is 12.4. The van der Waals surface area contributed by atoms with E-state index in [9.17, 15) is 13.2 Å². The van der Waals surface area contributed by atoms with E-state index in [-0.39, 0.29) is 45.4 Å². The summed E-state index contributed by atoms with van der Waals surface area (Å²) < 4.78 is 36.8. The van der Waals surface area contributed by atoms with E-state index in [1.807, 2.05) is 0 Å². The fraction of sp³-hybridized carbons (Fsp3) is 0. The van der Waals surface area contributed by atoms with Gasteiger partial charge < -0.3 is 4.42 Å². The zero-order valence-corrected chi connectivity index (χ0v) is 11.5. The van der Waals surface area contributed by atoms with Crippen molar-refractivity contribution in [2.75, 3.05) is 0 Å². The van der Waals surface area contributed by atoms with E-state index in [2.05, 4.69) is 0 Å². The van der Waals surface area contributed by atoms with Crippen molar-refractivity contribution < 1.29 is 17.4 Å². The van der Waals surface area contributed by atoms with Crippen LogP contribution in [0.5, 0.6) is 0 Å². The van der Waals surface area contributed by atoms with Crippen molar-refractivity contribution in [2.24, 2.45) is 0 Å². The van der Waals surface area contributed by atoms with Crippen LogP contribution in [0.25, 0.3) is 22.1 Å². The van der Waals surface area contributed by atoms with Crippen LogP contribution in [0.2, 0.25) is 0 Å². The van der Waals surface area contributed by atoms with Gasteiger partial charge in [-0.1, -0.05) is 24.3 Å². The summed E-state index contributed by atoms with van der Waals surface area (Å²) in [6, 6.07) is 12.3. The summed E-state index contributed by atoms with van der Waals surface area (Å²) in [4.78, 5) is 12.1. The first kappa shape index (κ1) is 16.9. The number of para-hydroxylation sites is 1. The summed E-state index contributed by atoms with van der Waals surface area (Å²) >= 11 is 0. The second-order valence-electron chi connectivity index (χ2n) is 4.48. The van der Waals surface area contributed by atoms with Gasteiger partial charge in [-0.25, -0.2) is 0 Å². The van der Waals surface area contributed by atoms with E-state index < -0.39 is 10.1 Å². The third kappa shape index (κ3) is 3.16. The van der Waals surface area contributed by atoms with E-state index in [4.69, 9.17) is 8.97 Å². The Morgan fingerprint density at radius 2 is 1.73 bits per heavy atom. The number of fused-ring (bicyclic) bond motifs is 1. The number of hydrogen-bond acceptors (Lipinski definition) is 4. The van der Waals surface area contributed by atoms with Crippen molar-refractivity contribution in [1.29, 1.82) is 0 Å². The molecule has 0 saturated heterocycles. The molecule has 108 valence electrons. The van der Waals surface area contributed by atoms with Crippen LogP contribution in [0.15, 0.2) is 68.9 Å². The van der Waals surface area contributed by atoms with Gasteiger partial charge in [0.15, 0.2) is 5.43 Å². The van der Waals surface area contributed by atoms with Crippen LogP contribution in [0.1, 0.15) is 0 Å². The molecule has 0 saturated carbocycles. The minimum atomic E-state index is -4.32. The van der Waals surface area contributed by atoms with E-state index in [0.717, 1.165) is 0 Å². The second-order valence-corrected chi connectivity index (χ2v) is 5.90. The SMILES string of the molecule is O=c1c(-c2cccc(S(=O)(=O)O)c2)coc2ccccc12.[NaH]. The van der Waals surface area contributed by atoms with E-state index in [1.54, 1.807) is 30.3 Å². The molecule has 0 bridgehead atoms. The predicted molar refractivity (Wildman–Crippen MR) is 84.9 cm³/mol. The molecule has 0 aliphatic heterocycles. The van der Waals surface area contributed by atoms with Gasteiger partial charge >= 0.3 is 29.6 Å². The van der Waals surface area contributed by atoms with Gasteiger partial charge in [0.25, 0.3) is 10.1 Å². The molecule has 5 nitrogen and oxygen atoms in total. The molecule has 22 heavy (non-hydrogen) atoms. The van der Waals surface area contributed by atoms with Gasteiger partial charge in [-0.15, -0.1) is 0 Å². The Hall–Kier alpha value is -1.44. The van der Waals surface area contributed by atoms with Gasteiger partial charge in [0, 0.05) is 0 Å². The molecule has 0 aliphatic rings. The maximum atomic E-state index is 12.4. The summed E-state index contributed by atoms with van der Waals surface area (Å²) in [5.74, 6) is 0. The van der Waals surface area contributed by atoms with Crippen LogP contribution in [0.3, 0.4) is 0 Å². The van der Waals surface area contributed by atoms with Crippen molar-refractivity contribution in [2.45, 2.75) is 4.90 Å². The molecular weight excluding hydrogens is 315 g/mol. The van der Waals surface area contributed by atoms with Crippen LogP contribution in [-0.2, 0) is 10.1 Å². The molecule has 1 aromatic heterocycles. The van der Waals surface area contributed by atoms with Crippen molar-refractivity contribution in [1.82, 2.24) is 0 Å². The Morgan fingerprint density at radius 3 is 2.45 bits per heavy atom. The van der Waals surface area contributed by atoms with Crippen molar-refractivity contribution in [3.63, 3.8) is 0 Å². The van der Waals surface area contributed by atoms with Gasteiger partial charge in [-0.2, -0.15) is 8.42 Å². The van der Waals surface area contributed by atoms with E-state index in [0.29, 0.717) is 16.5 Å². The Labute approximate surface area is 148 Å². The first-order chi connectivity index (χ1) is 9.97. The zero-order chi connectivity index (χ0) is 15.0. The normalized spacial score (nSPS) is 11.1. The first-order valence-corrected chi connectivity index (χ1v) is 7.49. The molecule has 0 radical (unpaired) electrons. The molecular formula is C15H11NaO5S. The molecule has 0 aliphatic carbocycles. The molecule has 3 rings (SSSR count). The average molecular weight is 326 g/mol. The van der Waals surface area contributed by atoms with Crippen LogP contribution in [0, 0.1) is 0 Å². The molecule has 7 heteroatoms. The monoisotopic (exact) mass is 326 g/mol. The Balaban J connectivity index is 0.00000176. The molecule has 2 aromatic carbocycles.